The Balaban J connectivity index is 2.35. The van der Waals surface area contributed by atoms with E-state index in [2.05, 4.69) is 47.2 Å². The van der Waals surface area contributed by atoms with E-state index in [1.54, 1.807) is 6.92 Å². The lowest BCUT2D eigenvalue weighted by molar-refractivity contribution is -0.143. The molecule has 10 N–H and O–H groups in total. The zero-order chi connectivity index (χ0) is 50.6. The van der Waals surface area contributed by atoms with Crippen molar-refractivity contribution in [2.24, 2.45) is 10.8 Å². The number of ether oxygens (including phenoxy) is 2. The maximum absolute atomic E-state index is 12.7. The first-order chi connectivity index (χ1) is 31.3. The third-order valence-electron chi connectivity index (χ3n) is 9.67. The Kier molecular flexibility index (Phi) is 26.9. The molecule has 67 heavy (non-hydrogen) atoms. The van der Waals surface area contributed by atoms with E-state index in [-0.39, 0.29) is 69.8 Å². The average Bonchev–Trinajstić information content (AvgIpc) is 3.71. The summed E-state index contributed by atoms with van der Waals surface area (Å²) in [5.74, 6) is -7.93. The van der Waals surface area contributed by atoms with Crippen LogP contribution < -0.4 is 31.3 Å². The van der Waals surface area contributed by atoms with Gasteiger partial charge in [-0.25, -0.2) is 27.9 Å². The van der Waals surface area contributed by atoms with Gasteiger partial charge < -0.3 is 51.4 Å². The number of carboxylic acids is 3. The van der Waals surface area contributed by atoms with Crippen LogP contribution in [0, 0.1) is 10.8 Å². The Morgan fingerprint density at radius 1 is 0.642 bits per heavy atom. The quantitative estimate of drug-likeness (QED) is 0.0354. The van der Waals surface area contributed by atoms with Crippen LogP contribution in [0.25, 0.3) is 0 Å². The number of aliphatic carboxylic acids is 3. The second kappa shape index (κ2) is 30.5. The van der Waals surface area contributed by atoms with Crippen molar-refractivity contribution < 1.29 is 76.4 Å². The fraction of sp³-hybridized carbons (Fsp3) is 0.750. The Morgan fingerprint density at radius 2 is 1.19 bits per heavy atom. The molecule has 6 amide bonds. The van der Waals surface area contributed by atoms with Crippen LogP contribution in [0.5, 0.6) is 0 Å². The molecule has 1 aromatic heterocycles. The Bertz CT molecular complexity index is 1900. The zero-order valence-electron chi connectivity index (χ0n) is 38.8. The number of hydrogen-bond acceptors (Lipinski definition) is 16. The molecule has 0 bridgehead atoms. The first-order valence-electron chi connectivity index (χ1n) is 21.8. The molecule has 0 spiro atoms. The summed E-state index contributed by atoms with van der Waals surface area (Å²) in [7, 11) is -4.14. The lowest BCUT2D eigenvalue weighted by Crippen LogP contribution is -2.44. The minimum absolute atomic E-state index is 0.0178. The summed E-state index contributed by atoms with van der Waals surface area (Å²) in [6.07, 6.45) is 0.172. The van der Waals surface area contributed by atoms with E-state index in [0.717, 1.165) is 0 Å². The molecular weight excluding hydrogens is 909 g/mol. The van der Waals surface area contributed by atoms with E-state index in [4.69, 9.17) is 9.47 Å². The largest absolute Gasteiger partial charge is 0.480 e. The number of unbranched alkanes of at least 4 members (excludes halogenated alkanes) is 1. The number of rotatable bonds is 37. The SMILES string of the molecule is CCC(=O)NCCCCC(NC(=O)COCCOCCNC(=O)CCC(NC(=O)CCC(NC(=O)CCCS(=O)(=O)NC(=O)CC(C)(C)CC(C)(C)Cc1nnn[nH]1)C(=O)O)C(=O)O)C(=O)O. The molecule has 0 aliphatic heterocycles. The smallest absolute Gasteiger partial charge is 0.326 e. The first kappa shape index (κ1) is 59.2. The molecule has 0 aliphatic carbocycles. The number of hydrogen-bond donors (Lipinski definition) is 10. The van der Waals surface area contributed by atoms with Crippen molar-refractivity contribution in [3.8, 4) is 0 Å². The minimum Gasteiger partial charge on any atom is -0.480 e. The van der Waals surface area contributed by atoms with Gasteiger partial charge in [0.2, 0.25) is 45.5 Å². The lowest BCUT2D eigenvalue weighted by Gasteiger charge is -2.34. The molecule has 27 heteroatoms. The van der Waals surface area contributed by atoms with E-state index in [1.807, 2.05) is 32.4 Å². The number of amides is 6. The van der Waals surface area contributed by atoms with Crippen molar-refractivity contribution >= 4 is 63.4 Å². The van der Waals surface area contributed by atoms with Crippen LogP contribution >= 0.6 is 0 Å². The monoisotopic (exact) mass is 976 g/mol. The van der Waals surface area contributed by atoms with Crippen LogP contribution in [0.1, 0.15) is 117 Å². The van der Waals surface area contributed by atoms with Gasteiger partial charge in [-0.2, -0.15) is 0 Å². The second-order valence-electron chi connectivity index (χ2n) is 17.3. The molecule has 26 nitrogen and oxygen atoms in total. The van der Waals surface area contributed by atoms with Gasteiger partial charge in [-0.05, 0) is 66.2 Å². The summed E-state index contributed by atoms with van der Waals surface area (Å²) < 4.78 is 37.7. The minimum atomic E-state index is -4.14. The van der Waals surface area contributed by atoms with Gasteiger partial charge >= 0.3 is 17.9 Å². The van der Waals surface area contributed by atoms with Crippen LogP contribution in [-0.2, 0) is 69.1 Å². The van der Waals surface area contributed by atoms with Crippen LogP contribution in [0.2, 0.25) is 0 Å². The summed E-state index contributed by atoms with van der Waals surface area (Å²) in [6.45, 7) is 9.36. The van der Waals surface area contributed by atoms with E-state index in [0.29, 0.717) is 44.5 Å². The van der Waals surface area contributed by atoms with Gasteiger partial charge in [0.15, 0.2) is 0 Å². The van der Waals surface area contributed by atoms with Crippen LogP contribution in [0.4, 0.5) is 0 Å². The lowest BCUT2D eigenvalue weighted by atomic mass is 9.71. The molecule has 0 fully saturated rings. The van der Waals surface area contributed by atoms with Gasteiger partial charge in [0, 0.05) is 51.6 Å². The van der Waals surface area contributed by atoms with Gasteiger partial charge in [-0.15, -0.1) is 5.10 Å². The molecule has 0 saturated carbocycles. The maximum Gasteiger partial charge on any atom is 0.326 e. The standard InChI is InChI=1S/C40H68N10O16S/c1-6-30(51)41-16-8-7-10-26(36(57)58)45-35(56)24-66-20-19-65-18-17-42-31(52)14-12-27(37(59)60)44-33(54)15-13-28(38(61)62)43-32(53)11-9-21-67(63,64)48-34(55)23-40(4,5)25-39(2,3)22-29-46-49-50-47-29/h26-28H,6-25H2,1-5H3,(H,41,51)(H,42,52)(H,43,53)(H,44,54)(H,45,56)(H,48,55)(H,57,58)(H,59,60)(H,61,62)(H,46,47,49,50). The number of carbonyl (C=O) groups is 9. The predicted octanol–water partition coefficient (Wildman–Crippen LogP) is -1.08. The number of aromatic amines is 1. The van der Waals surface area contributed by atoms with E-state index < -0.39 is 113 Å². The molecule has 0 radical (unpaired) electrons. The van der Waals surface area contributed by atoms with Gasteiger partial charge in [-0.3, -0.25) is 33.5 Å². The first-order valence-corrected chi connectivity index (χ1v) is 23.5. The van der Waals surface area contributed by atoms with Crippen molar-refractivity contribution in [3.05, 3.63) is 5.82 Å². The molecule has 380 valence electrons. The van der Waals surface area contributed by atoms with Crippen molar-refractivity contribution in [3.63, 3.8) is 0 Å². The number of H-pyrrole nitrogens is 1. The average molecular weight is 977 g/mol. The molecule has 0 saturated heterocycles. The van der Waals surface area contributed by atoms with Crippen LogP contribution in [-0.4, -0.2) is 161 Å². The van der Waals surface area contributed by atoms with Crippen molar-refractivity contribution in [1.82, 2.24) is 51.9 Å². The third kappa shape index (κ3) is 28.7. The Labute approximate surface area is 389 Å². The van der Waals surface area contributed by atoms with Crippen molar-refractivity contribution in [2.75, 3.05) is 45.3 Å². The summed E-state index contributed by atoms with van der Waals surface area (Å²) in [5, 5.41) is 54.2. The normalized spacial score (nSPS) is 13.0. The number of carbonyl (C=O) groups excluding carboxylic acids is 6. The van der Waals surface area contributed by atoms with Crippen molar-refractivity contribution in [2.45, 2.75) is 136 Å². The summed E-state index contributed by atoms with van der Waals surface area (Å²) >= 11 is 0. The predicted molar refractivity (Wildman–Crippen MR) is 235 cm³/mol. The highest BCUT2D eigenvalue weighted by atomic mass is 32.2. The highest BCUT2D eigenvalue weighted by Gasteiger charge is 2.33. The highest BCUT2D eigenvalue weighted by molar-refractivity contribution is 7.90. The Hall–Kier alpha value is -5.83. The molecule has 1 aromatic rings. The summed E-state index contributed by atoms with van der Waals surface area (Å²) in [4.78, 5) is 108. The number of nitrogens with zero attached hydrogens (tertiary/aromatic N) is 3. The molecular formula is C40H68N10O16S. The summed E-state index contributed by atoms with van der Waals surface area (Å²) in [6, 6.07) is -4.20. The highest BCUT2D eigenvalue weighted by Crippen LogP contribution is 2.38. The van der Waals surface area contributed by atoms with E-state index in [1.165, 1.54) is 0 Å². The molecule has 0 aliphatic rings. The van der Waals surface area contributed by atoms with E-state index >= 15 is 0 Å². The third-order valence-corrected chi connectivity index (χ3v) is 11.0. The number of carboxylic acid groups (broad SMARTS) is 3. The second-order valence-corrected chi connectivity index (χ2v) is 19.2. The summed E-state index contributed by atoms with van der Waals surface area (Å²) in [5.41, 5.74) is -0.938. The maximum atomic E-state index is 12.7. The van der Waals surface area contributed by atoms with Crippen molar-refractivity contribution in [1.29, 1.82) is 0 Å². The van der Waals surface area contributed by atoms with Crippen LogP contribution in [0.3, 0.4) is 0 Å². The fourth-order valence-corrected chi connectivity index (χ4v) is 7.94. The molecule has 0 aromatic carbocycles. The number of sulfonamides is 1. The van der Waals surface area contributed by atoms with Crippen LogP contribution in [0.15, 0.2) is 0 Å². The zero-order valence-corrected chi connectivity index (χ0v) is 39.6. The van der Waals surface area contributed by atoms with E-state index in [9.17, 15) is 66.9 Å². The van der Waals surface area contributed by atoms with Gasteiger partial charge in [-0.1, -0.05) is 34.6 Å². The topological polar surface area (TPSA) is 394 Å². The van der Waals surface area contributed by atoms with Gasteiger partial charge in [0.1, 0.15) is 30.6 Å². The molecule has 3 atom stereocenters. The molecule has 1 rings (SSSR count). The Morgan fingerprint density at radius 3 is 1.78 bits per heavy atom. The number of nitrogens with one attached hydrogen (secondary N) is 7. The molecule has 1 heterocycles. The van der Waals surface area contributed by atoms with Gasteiger partial charge in [0.25, 0.3) is 0 Å². The number of tetrazole rings is 1. The van der Waals surface area contributed by atoms with Gasteiger partial charge in [0.05, 0.1) is 25.6 Å². The number of aromatic nitrogens is 4. The molecule has 3 unspecified atom stereocenters. The fourth-order valence-electron chi connectivity index (χ4n) is 6.90.